The summed E-state index contributed by atoms with van der Waals surface area (Å²) in [6, 6.07) is 1.12. The predicted octanol–water partition coefficient (Wildman–Crippen LogP) is 5.66. The van der Waals surface area contributed by atoms with E-state index in [2.05, 4.69) is 52.5 Å². The molecule has 0 aliphatic heterocycles. The van der Waals surface area contributed by atoms with Crippen molar-refractivity contribution in [1.82, 2.24) is 14.5 Å². The summed E-state index contributed by atoms with van der Waals surface area (Å²) in [7, 11) is -1.12. The summed E-state index contributed by atoms with van der Waals surface area (Å²) in [6.07, 6.45) is 8.94. The summed E-state index contributed by atoms with van der Waals surface area (Å²) >= 11 is 3.40. The lowest BCUT2D eigenvalue weighted by molar-refractivity contribution is 0.0747. The molecule has 0 unspecified atom stereocenters. The molecule has 7 heteroatoms. The fraction of sp³-hybridized carbons (Fsp3) is 0.650. The van der Waals surface area contributed by atoms with E-state index in [1.165, 1.54) is 6.42 Å². The Balaban J connectivity index is 1.87. The minimum absolute atomic E-state index is 0.195. The normalized spacial score (nSPS) is 17.4. The van der Waals surface area contributed by atoms with Gasteiger partial charge in [0.2, 0.25) is 0 Å². The Hall–Kier alpha value is -1.05. The molecule has 3 rings (SSSR count). The van der Waals surface area contributed by atoms with Crippen LogP contribution in [-0.4, -0.2) is 35.0 Å². The summed E-state index contributed by atoms with van der Waals surface area (Å²) in [5.41, 5.74) is 1.78. The van der Waals surface area contributed by atoms with E-state index in [-0.39, 0.29) is 11.2 Å². The first-order chi connectivity index (χ1) is 12.7. The third-order valence-electron chi connectivity index (χ3n) is 5.51. The molecule has 0 spiro atoms. The molecule has 0 amide bonds. The van der Waals surface area contributed by atoms with Crippen molar-refractivity contribution in [2.75, 3.05) is 6.61 Å². The van der Waals surface area contributed by atoms with Crippen LogP contribution in [0.15, 0.2) is 17.0 Å². The average molecular weight is 452 g/mol. The maximum atomic E-state index is 13.4. The number of carbonyl (C=O) groups excluding carboxylic acids is 1. The zero-order chi connectivity index (χ0) is 19.7. The number of fused-ring (bicyclic) bond motifs is 1. The minimum Gasteiger partial charge on any atom is -0.361 e. The van der Waals surface area contributed by atoms with Gasteiger partial charge < -0.3 is 9.30 Å². The van der Waals surface area contributed by atoms with E-state index in [4.69, 9.17) is 4.74 Å². The number of ether oxygens (including phenoxy) is 1. The summed E-state index contributed by atoms with van der Waals surface area (Å²) in [5.74, 6) is 0.195. The Morgan fingerprint density at radius 1 is 1.30 bits per heavy atom. The first-order valence-electron chi connectivity index (χ1n) is 9.84. The van der Waals surface area contributed by atoms with Crippen LogP contribution in [0.2, 0.25) is 25.7 Å². The molecule has 0 bridgehead atoms. The van der Waals surface area contributed by atoms with Crippen LogP contribution in [0.4, 0.5) is 0 Å². The van der Waals surface area contributed by atoms with Gasteiger partial charge >= 0.3 is 0 Å². The second-order valence-corrected chi connectivity index (χ2v) is 15.6. The second kappa shape index (κ2) is 8.13. The lowest BCUT2D eigenvalue weighted by atomic mass is 9.71. The topological polar surface area (TPSA) is 57.0 Å². The highest BCUT2D eigenvalue weighted by atomic mass is 79.9. The van der Waals surface area contributed by atoms with Gasteiger partial charge in [0, 0.05) is 26.3 Å². The van der Waals surface area contributed by atoms with Crippen LogP contribution in [0, 0.1) is 5.41 Å². The Morgan fingerprint density at radius 2 is 2.00 bits per heavy atom. The van der Waals surface area contributed by atoms with E-state index in [0.29, 0.717) is 28.1 Å². The number of hydrogen-bond donors (Lipinski definition) is 0. The summed E-state index contributed by atoms with van der Waals surface area (Å²) < 4.78 is 8.48. The smallest absolute Gasteiger partial charge is 0.172 e. The number of aromatic nitrogens is 3. The van der Waals surface area contributed by atoms with Gasteiger partial charge in [0.15, 0.2) is 11.4 Å². The van der Waals surface area contributed by atoms with Crippen molar-refractivity contribution in [2.24, 2.45) is 5.41 Å². The lowest BCUT2D eigenvalue weighted by Gasteiger charge is -2.31. The van der Waals surface area contributed by atoms with Gasteiger partial charge in [-0.2, -0.15) is 0 Å². The quantitative estimate of drug-likeness (QED) is 0.309. The Kier molecular flexibility index (Phi) is 6.23. The van der Waals surface area contributed by atoms with Gasteiger partial charge in [0.1, 0.15) is 16.9 Å². The van der Waals surface area contributed by atoms with E-state index in [0.717, 1.165) is 38.3 Å². The third kappa shape index (κ3) is 4.87. The molecule has 27 heavy (non-hydrogen) atoms. The van der Waals surface area contributed by atoms with Crippen LogP contribution in [0.3, 0.4) is 0 Å². The molecule has 5 nitrogen and oxygen atoms in total. The van der Waals surface area contributed by atoms with Gasteiger partial charge in [-0.3, -0.25) is 4.79 Å². The maximum absolute atomic E-state index is 13.4. The van der Waals surface area contributed by atoms with Gasteiger partial charge in [-0.05, 0) is 34.8 Å². The Bertz CT molecular complexity index is 822. The fourth-order valence-electron chi connectivity index (χ4n) is 3.72. The fourth-order valence-corrected chi connectivity index (χ4v) is 4.76. The monoisotopic (exact) mass is 451 g/mol. The minimum atomic E-state index is -1.12. The summed E-state index contributed by atoms with van der Waals surface area (Å²) in [5, 5.41) is 0. The molecule has 1 saturated carbocycles. The van der Waals surface area contributed by atoms with Gasteiger partial charge in [0.25, 0.3) is 0 Å². The van der Waals surface area contributed by atoms with Gasteiger partial charge in [-0.25, -0.2) is 9.97 Å². The van der Waals surface area contributed by atoms with Crippen LogP contribution < -0.4 is 0 Å². The SMILES string of the molecule is CC1(C(=O)c2cn(COCC[Si](C)(C)C)c3ncc(Br)nc23)CCCCC1. The van der Waals surface area contributed by atoms with E-state index in [9.17, 15) is 4.79 Å². The van der Waals surface area contributed by atoms with Crippen LogP contribution in [-0.2, 0) is 11.5 Å². The number of nitrogens with zero attached hydrogens (tertiary/aromatic N) is 3. The van der Waals surface area contributed by atoms with E-state index in [1.54, 1.807) is 6.20 Å². The first-order valence-corrected chi connectivity index (χ1v) is 14.3. The second-order valence-electron chi connectivity index (χ2n) is 9.18. The zero-order valence-electron chi connectivity index (χ0n) is 16.8. The Morgan fingerprint density at radius 3 is 2.67 bits per heavy atom. The highest BCUT2D eigenvalue weighted by molar-refractivity contribution is 9.10. The molecule has 148 valence electrons. The molecule has 0 radical (unpaired) electrons. The van der Waals surface area contributed by atoms with Gasteiger partial charge in [-0.1, -0.05) is 45.8 Å². The molecule has 0 aromatic carbocycles. The number of Topliss-reactive ketones (excluding diaryl/α,β-unsaturated/α-hetero) is 1. The summed E-state index contributed by atoms with van der Waals surface area (Å²) in [4.78, 5) is 22.5. The van der Waals surface area contributed by atoms with Crippen molar-refractivity contribution >= 4 is 41.0 Å². The van der Waals surface area contributed by atoms with Crippen molar-refractivity contribution in [1.29, 1.82) is 0 Å². The van der Waals surface area contributed by atoms with Gasteiger partial charge in [0.05, 0.1) is 11.8 Å². The number of halogens is 1. The number of carbonyl (C=O) groups is 1. The molecule has 1 fully saturated rings. The molecule has 0 atom stereocenters. The molecule has 2 aromatic rings. The first kappa shape index (κ1) is 20.7. The molecule has 0 N–H and O–H groups in total. The number of ketones is 1. The van der Waals surface area contributed by atoms with Crippen LogP contribution in [0.5, 0.6) is 0 Å². The average Bonchev–Trinajstić information content (AvgIpc) is 2.95. The molecular weight excluding hydrogens is 422 g/mol. The number of hydrogen-bond acceptors (Lipinski definition) is 4. The molecule has 0 saturated heterocycles. The van der Waals surface area contributed by atoms with Crippen molar-refractivity contribution in [3.8, 4) is 0 Å². The van der Waals surface area contributed by atoms with Crippen LogP contribution in [0.1, 0.15) is 49.4 Å². The van der Waals surface area contributed by atoms with Gasteiger partial charge in [-0.15, -0.1) is 0 Å². The molecule has 1 aliphatic rings. The lowest BCUT2D eigenvalue weighted by Crippen LogP contribution is -2.30. The molecular formula is C20H30BrN3O2Si. The van der Waals surface area contributed by atoms with Crippen molar-refractivity contribution in [3.63, 3.8) is 0 Å². The predicted molar refractivity (Wildman–Crippen MR) is 115 cm³/mol. The highest BCUT2D eigenvalue weighted by Gasteiger charge is 2.37. The molecule has 2 aromatic heterocycles. The van der Waals surface area contributed by atoms with Crippen LogP contribution >= 0.6 is 15.9 Å². The van der Waals surface area contributed by atoms with Crippen molar-refractivity contribution in [3.05, 3.63) is 22.6 Å². The maximum Gasteiger partial charge on any atom is 0.172 e. The van der Waals surface area contributed by atoms with E-state index < -0.39 is 8.07 Å². The molecule has 2 heterocycles. The third-order valence-corrected chi connectivity index (χ3v) is 7.60. The number of rotatable bonds is 7. The van der Waals surface area contributed by atoms with E-state index >= 15 is 0 Å². The van der Waals surface area contributed by atoms with Crippen LogP contribution in [0.25, 0.3) is 11.2 Å². The zero-order valence-corrected chi connectivity index (χ0v) is 19.4. The largest absolute Gasteiger partial charge is 0.361 e. The Labute approximate surface area is 171 Å². The van der Waals surface area contributed by atoms with Crippen molar-refractivity contribution in [2.45, 2.75) is 71.4 Å². The van der Waals surface area contributed by atoms with Crippen molar-refractivity contribution < 1.29 is 9.53 Å². The van der Waals surface area contributed by atoms with E-state index in [1.807, 2.05) is 10.8 Å². The standard InChI is InChI=1S/C20H30BrN3O2Si/c1-20(8-6-5-7-9-20)18(25)15-13-24(14-26-10-11-27(2,3)4)19-17(15)23-16(21)12-22-19/h12-13H,5-11,14H2,1-4H3. The summed E-state index contributed by atoms with van der Waals surface area (Å²) in [6.45, 7) is 10.3. The molecule has 1 aliphatic carbocycles. The highest BCUT2D eigenvalue weighted by Crippen LogP contribution is 2.40.